The van der Waals surface area contributed by atoms with Crippen LogP contribution in [0.25, 0.3) is 0 Å². The monoisotopic (exact) mass is 343 g/mol. The number of aromatic nitrogens is 1. The van der Waals surface area contributed by atoms with Crippen molar-refractivity contribution in [2.45, 2.75) is 45.8 Å². The molecular weight excluding hydrogens is 318 g/mol. The van der Waals surface area contributed by atoms with E-state index in [1.165, 1.54) is 18.4 Å². The van der Waals surface area contributed by atoms with Crippen LogP contribution in [0.15, 0.2) is 30.5 Å². The third kappa shape index (κ3) is 4.22. The van der Waals surface area contributed by atoms with Crippen molar-refractivity contribution in [3.8, 4) is 0 Å². The number of amides is 1. The molecule has 1 aliphatic rings. The van der Waals surface area contributed by atoms with Crippen molar-refractivity contribution in [3.05, 3.63) is 51.5 Å². The first-order valence-electron chi connectivity index (χ1n) is 8.56. The molecule has 1 amide bonds. The fourth-order valence-corrected chi connectivity index (χ4v) is 3.78. The Labute approximate surface area is 148 Å². The first kappa shape index (κ1) is 17.1. The molecule has 1 saturated carbocycles. The maximum Gasteiger partial charge on any atom is 0.253 e. The van der Waals surface area contributed by atoms with E-state index in [9.17, 15) is 4.79 Å². The minimum atomic E-state index is 0.0575. The van der Waals surface area contributed by atoms with E-state index in [2.05, 4.69) is 28.9 Å². The summed E-state index contributed by atoms with van der Waals surface area (Å²) in [7, 11) is 1.84. The van der Waals surface area contributed by atoms with E-state index in [0.717, 1.165) is 34.6 Å². The second kappa shape index (κ2) is 7.45. The lowest BCUT2D eigenvalue weighted by Crippen LogP contribution is -2.26. The first-order valence-corrected chi connectivity index (χ1v) is 9.38. The van der Waals surface area contributed by atoms with Gasteiger partial charge in [0.15, 0.2) is 0 Å². The fourth-order valence-electron chi connectivity index (χ4n) is 2.93. The molecule has 0 atom stereocenters. The van der Waals surface area contributed by atoms with Gasteiger partial charge in [-0.05, 0) is 44.0 Å². The molecule has 1 heterocycles. The highest BCUT2D eigenvalue weighted by molar-refractivity contribution is 7.11. The van der Waals surface area contributed by atoms with Gasteiger partial charge >= 0.3 is 0 Å². The highest BCUT2D eigenvalue weighted by Gasteiger charge is 2.27. The Balaban J connectivity index is 1.60. The van der Waals surface area contributed by atoms with Gasteiger partial charge in [-0.15, -0.1) is 11.3 Å². The first-order chi connectivity index (χ1) is 11.6. The van der Waals surface area contributed by atoms with Crippen molar-refractivity contribution in [1.82, 2.24) is 14.8 Å². The van der Waals surface area contributed by atoms with Crippen LogP contribution in [0.2, 0.25) is 0 Å². The lowest BCUT2D eigenvalue weighted by molar-refractivity contribution is 0.0786. The predicted octanol–water partition coefficient (Wildman–Crippen LogP) is 3.71. The van der Waals surface area contributed by atoms with Crippen LogP contribution in [-0.2, 0) is 13.1 Å². The zero-order chi connectivity index (χ0) is 17.1. The molecule has 0 N–H and O–H groups in total. The molecule has 0 spiro atoms. The SMILES string of the molecule is CCN(Cc1ccc(C(=O)N(C)Cc2cnc(C)s2)cc1)C1CC1. The largest absolute Gasteiger partial charge is 0.337 e. The average molecular weight is 343 g/mol. The molecule has 0 aliphatic heterocycles. The number of carbonyl (C=O) groups is 1. The molecule has 0 unspecified atom stereocenters. The summed E-state index contributed by atoms with van der Waals surface area (Å²) < 4.78 is 0. The lowest BCUT2D eigenvalue weighted by atomic mass is 10.1. The Morgan fingerprint density at radius 2 is 1.96 bits per heavy atom. The molecule has 0 radical (unpaired) electrons. The Kier molecular flexibility index (Phi) is 5.31. The highest BCUT2D eigenvalue weighted by atomic mass is 32.1. The van der Waals surface area contributed by atoms with Crippen molar-refractivity contribution < 1.29 is 4.79 Å². The van der Waals surface area contributed by atoms with E-state index < -0.39 is 0 Å². The Morgan fingerprint density at radius 1 is 1.25 bits per heavy atom. The molecule has 128 valence electrons. The van der Waals surface area contributed by atoms with Crippen LogP contribution in [0.4, 0.5) is 0 Å². The van der Waals surface area contributed by atoms with Gasteiger partial charge in [0.25, 0.3) is 5.91 Å². The van der Waals surface area contributed by atoms with E-state index in [-0.39, 0.29) is 5.91 Å². The van der Waals surface area contributed by atoms with E-state index in [0.29, 0.717) is 6.54 Å². The summed E-state index contributed by atoms with van der Waals surface area (Å²) in [6.07, 6.45) is 4.50. The van der Waals surface area contributed by atoms with Gasteiger partial charge in [0, 0.05) is 36.3 Å². The fraction of sp³-hybridized carbons (Fsp3) is 0.474. The molecule has 4 nitrogen and oxygen atoms in total. The van der Waals surface area contributed by atoms with Gasteiger partial charge in [-0.25, -0.2) is 4.98 Å². The molecule has 1 aromatic heterocycles. The molecule has 2 aromatic rings. The molecule has 3 rings (SSSR count). The summed E-state index contributed by atoms with van der Waals surface area (Å²) in [4.78, 5) is 22.2. The van der Waals surface area contributed by atoms with Gasteiger partial charge in [-0.3, -0.25) is 9.69 Å². The molecular formula is C19H25N3OS. The Bertz CT molecular complexity index is 691. The minimum absolute atomic E-state index is 0.0575. The summed E-state index contributed by atoms with van der Waals surface area (Å²) in [6.45, 7) is 6.87. The Hall–Kier alpha value is -1.72. The predicted molar refractivity (Wildman–Crippen MR) is 98.2 cm³/mol. The third-order valence-corrected chi connectivity index (χ3v) is 5.36. The van der Waals surface area contributed by atoms with Gasteiger partial charge < -0.3 is 4.90 Å². The van der Waals surface area contributed by atoms with E-state index in [1.807, 2.05) is 32.3 Å². The molecule has 24 heavy (non-hydrogen) atoms. The van der Waals surface area contributed by atoms with E-state index in [1.54, 1.807) is 16.2 Å². The van der Waals surface area contributed by atoms with Crippen LogP contribution in [0, 0.1) is 6.92 Å². The molecule has 5 heteroatoms. The second-order valence-corrected chi connectivity index (χ2v) is 7.82. The van der Waals surface area contributed by atoms with Crippen LogP contribution in [0.1, 0.15) is 45.6 Å². The van der Waals surface area contributed by atoms with Crippen LogP contribution in [-0.4, -0.2) is 40.3 Å². The van der Waals surface area contributed by atoms with Crippen molar-refractivity contribution in [2.24, 2.45) is 0 Å². The van der Waals surface area contributed by atoms with Gasteiger partial charge in [-0.2, -0.15) is 0 Å². The van der Waals surface area contributed by atoms with E-state index in [4.69, 9.17) is 0 Å². The van der Waals surface area contributed by atoms with Gasteiger partial charge in [0.05, 0.1) is 11.6 Å². The highest BCUT2D eigenvalue weighted by Crippen LogP contribution is 2.28. The molecule has 0 bridgehead atoms. The smallest absolute Gasteiger partial charge is 0.253 e. The normalized spacial score (nSPS) is 14.2. The molecule has 1 aromatic carbocycles. The van der Waals surface area contributed by atoms with Gasteiger partial charge in [-0.1, -0.05) is 19.1 Å². The maximum atomic E-state index is 12.6. The number of rotatable bonds is 7. The average Bonchev–Trinajstić information content (AvgIpc) is 3.35. The third-order valence-electron chi connectivity index (χ3n) is 4.46. The molecule has 0 saturated heterocycles. The minimum Gasteiger partial charge on any atom is -0.337 e. The van der Waals surface area contributed by atoms with Crippen molar-refractivity contribution in [3.63, 3.8) is 0 Å². The van der Waals surface area contributed by atoms with E-state index >= 15 is 0 Å². The molecule has 1 fully saturated rings. The number of hydrogen-bond donors (Lipinski definition) is 0. The number of benzene rings is 1. The Morgan fingerprint density at radius 3 is 2.50 bits per heavy atom. The van der Waals surface area contributed by atoms with Gasteiger partial charge in [0.1, 0.15) is 0 Å². The number of carbonyl (C=O) groups excluding carboxylic acids is 1. The lowest BCUT2D eigenvalue weighted by Gasteiger charge is -2.20. The zero-order valence-electron chi connectivity index (χ0n) is 14.7. The number of hydrogen-bond acceptors (Lipinski definition) is 4. The summed E-state index contributed by atoms with van der Waals surface area (Å²) in [5.74, 6) is 0.0575. The van der Waals surface area contributed by atoms with Crippen LogP contribution in [0.3, 0.4) is 0 Å². The summed E-state index contributed by atoms with van der Waals surface area (Å²) in [5, 5.41) is 1.03. The maximum absolute atomic E-state index is 12.6. The van der Waals surface area contributed by atoms with Crippen molar-refractivity contribution in [1.29, 1.82) is 0 Å². The summed E-state index contributed by atoms with van der Waals surface area (Å²) in [6, 6.07) is 8.84. The summed E-state index contributed by atoms with van der Waals surface area (Å²) >= 11 is 1.64. The quantitative estimate of drug-likeness (QED) is 0.769. The van der Waals surface area contributed by atoms with Crippen LogP contribution >= 0.6 is 11.3 Å². The van der Waals surface area contributed by atoms with Gasteiger partial charge in [0.2, 0.25) is 0 Å². The number of thiazole rings is 1. The number of nitrogens with zero attached hydrogens (tertiary/aromatic N) is 3. The zero-order valence-corrected chi connectivity index (χ0v) is 15.5. The van der Waals surface area contributed by atoms with Crippen molar-refractivity contribution >= 4 is 17.2 Å². The second-order valence-electron chi connectivity index (χ2n) is 6.50. The van der Waals surface area contributed by atoms with Crippen molar-refractivity contribution in [2.75, 3.05) is 13.6 Å². The number of aryl methyl sites for hydroxylation is 1. The van der Waals surface area contributed by atoms with Crippen LogP contribution < -0.4 is 0 Å². The summed E-state index contributed by atoms with van der Waals surface area (Å²) in [5.41, 5.74) is 2.03. The topological polar surface area (TPSA) is 36.4 Å². The molecule has 1 aliphatic carbocycles. The standard InChI is InChI=1S/C19H25N3OS/c1-4-22(17-9-10-17)12-15-5-7-16(8-6-15)19(23)21(3)13-18-11-20-14(2)24-18/h5-8,11,17H,4,9-10,12-13H2,1-3H3. The van der Waals surface area contributed by atoms with Crippen LogP contribution in [0.5, 0.6) is 0 Å².